The van der Waals surface area contributed by atoms with Gasteiger partial charge in [-0.3, -0.25) is 9.78 Å². The molecule has 0 N–H and O–H groups in total. The van der Waals surface area contributed by atoms with Gasteiger partial charge in [-0.25, -0.2) is 12.8 Å². The molecule has 1 atom stereocenters. The van der Waals surface area contributed by atoms with Gasteiger partial charge in [0, 0.05) is 43.1 Å². The van der Waals surface area contributed by atoms with Crippen molar-refractivity contribution >= 4 is 27.5 Å². The fourth-order valence-corrected chi connectivity index (χ4v) is 4.66. The average molecular weight is 426 g/mol. The van der Waals surface area contributed by atoms with Gasteiger partial charge in [-0.15, -0.1) is 0 Å². The van der Waals surface area contributed by atoms with Crippen molar-refractivity contribution < 1.29 is 17.6 Å². The molecule has 0 spiro atoms. The lowest BCUT2D eigenvalue weighted by Gasteiger charge is -2.38. The van der Waals surface area contributed by atoms with E-state index in [9.17, 15) is 17.6 Å². The van der Waals surface area contributed by atoms with E-state index in [4.69, 9.17) is 11.6 Å². The topological polar surface area (TPSA) is 70.6 Å². The van der Waals surface area contributed by atoms with Crippen molar-refractivity contribution in [3.63, 3.8) is 0 Å². The number of pyridine rings is 1. The van der Waals surface area contributed by atoms with Gasteiger partial charge >= 0.3 is 0 Å². The van der Waals surface area contributed by atoms with Gasteiger partial charge in [-0.1, -0.05) is 17.7 Å². The van der Waals surface area contributed by atoms with Crippen LogP contribution in [-0.4, -0.2) is 53.9 Å². The first-order chi connectivity index (χ1) is 13.3. The van der Waals surface area contributed by atoms with Gasteiger partial charge in [-0.05, 0) is 42.7 Å². The van der Waals surface area contributed by atoms with Crippen LogP contribution in [0.5, 0.6) is 0 Å². The van der Waals surface area contributed by atoms with E-state index in [1.54, 1.807) is 24.5 Å². The van der Waals surface area contributed by atoms with Crippen LogP contribution in [0.25, 0.3) is 0 Å². The Bertz CT molecular complexity index is 956. The molecule has 2 aromatic rings. The van der Waals surface area contributed by atoms with Crippen molar-refractivity contribution in [2.75, 3.05) is 19.3 Å². The highest BCUT2D eigenvalue weighted by atomic mass is 35.5. The number of amides is 1. The first kappa shape index (κ1) is 20.7. The lowest BCUT2D eigenvalue weighted by atomic mass is 10.0. The van der Waals surface area contributed by atoms with Crippen molar-refractivity contribution in [2.24, 2.45) is 0 Å². The van der Waals surface area contributed by atoms with Gasteiger partial charge in [0.1, 0.15) is 5.82 Å². The predicted octanol–water partition coefficient (Wildman–Crippen LogP) is 2.94. The standard InChI is InChI=1S/C19H21ClFN3O3S/c1-28(26,27)24(12-14-4-2-8-22-11-14)16-5-3-9-23(13-16)19(25)17-10-15(20)6-7-18(17)21/h2,4,6-8,10-11,16H,3,5,9,12-13H2,1H3. The smallest absolute Gasteiger partial charge is 0.256 e. The van der Waals surface area contributed by atoms with E-state index in [0.29, 0.717) is 19.4 Å². The lowest BCUT2D eigenvalue weighted by molar-refractivity contribution is 0.0646. The Labute approximate surface area is 169 Å². The van der Waals surface area contributed by atoms with Crippen LogP contribution in [0, 0.1) is 5.82 Å². The number of aromatic nitrogens is 1. The Morgan fingerprint density at radius 3 is 2.86 bits per heavy atom. The summed E-state index contributed by atoms with van der Waals surface area (Å²) in [7, 11) is -3.52. The zero-order chi connectivity index (χ0) is 20.3. The van der Waals surface area contributed by atoms with E-state index < -0.39 is 27.8 Å². The molecule has 3 rings (SSSR count). The van der Waals surface area contributed by atoms with Crippen molar-refractivity contribution in [1.29, 1.82) is 0 Å². The molecule has 1 aliphatic heterocycles. The van der Waals surface area contributed by atoms with Crippen LogP contribution in [-0.2, 0) is 16.6 Å². The summed E-state index contributed by atoms with van der Waals surface area (Å²) in [6.07, 6.45) is 5.63. The number of halogens is 2. The van der Waals surface area contributed by atoms with Crippen LogP contribution >= 0.6 is 11.6 Å². The van der Waals surface area contributed by atoms with E-state index >= 15 is 0 Å². The quantitative estimate of drug-likeness (QED) is 0.738. The second kappa shape index (κ2) is 8.55. The molecule has 28 heavy (non-hydrogen) atoms. The molecule has 6 nitrogen and oxygen atoms in total. The molecule has 1 saturated heterocycles. The van der Waals surface area contributed by atoms with Crippen molar-refractivity contribution in [2.45, 2.75) is 25.4 Å². The predicted molar refractivity (Wildman–Crippen MR) is 105 cm³/mol. The highest BCUT2D eigenvalue weighted by Gasteiger charge is 2.33. The maximum absolute atomic E-state index is 14.1. The fraction of sp³-hybridized carbons (Fsp3) is 0.368. The van der Waals surface area contributed by atoms with Gasteiger partial charge in [0.05, 0.1) is 11.8 Å². The summed E-state index contributed by atoms with van der Waals surface area (Å²) in [6.45, 7) is 0.800. The molecule has 0 bridgehead atoms. The molecule has 2 heterocycles. The van der Waals surface area contributed by atoms with Gasteiger partial charge in [0.2, 0.25) is 10.0 Å². The minimum atomic E-state index is -3.52. The van der Waals surface area contributed by atoms with Crippen LogP contribution in [0.1, 0.15) is 28.8 Å². The van der Waals surface area contributed by atoms with Crippen molar-refractivity contribution in [1.82, 2.24) is 14.2 Å². The largest absolute Gasteiger partial charge is 0.337 e. The second-order valence-electron chi connectivity index (χ2n) is 6.84. The molecule has 1 unspecified atom stereocenters. The number of nitrogens with zero attached hydrogens (tertiary/aromatic N) is 3. The first-order valence-electron chi connectivity index (χ1n) is 8.86. The van der Waals surface area contributed by atoms with Gasteiger partial charge in [0.25, 0.3) is 5.91 Å². The molecule has 1 aromatic heterocycles. The number of sulfonamides is 1. The summed E-state index contributed by atoms with van der Waals surface area (Å²) in [5, 5.41) is 0.271. The molecule has 1 amide bonds. The van der Waals surface area contributed by atoms with Crippen LogP contribution in [0.15, 0.2) is 42.7 Å². The van der Waals surface area contributed by atoms with Crippen molar-refractivity contribution in [3.8, 4) is 0 Å². The Hall–Kier alpha value is -2.03. The molecule has 1 fully saturated rings. The minimum Gasteiger partial charge on any atom is -0.337 e. The monoisotopic (exact) mass is 425 g/mol. The zero-order valence-corrected chi connectivity index (χ0v) is 17.0. The summed E-state index contributed by atoms with van der Waals surface area (Å²) in [5.41, 5.74) is 0.656. The molecule has 150 valence electrons. The SMILES string of the molecule is CS(=O)(=O)N(Cc1cccnc1)C1CCCN(C(=O)c2cc(Cl)ccc2F)C1. The van der Waals surface area contributed by atoms with E-state index in [1.165, 1.54) is 21.3 Å². The number of carbonyl (C=O) groups is 1. The highest BCUT2D eigenvalue weighted by Crippen LogP contribution is 2.24. The van der Waals surface area contributed by atoms with E-state index in [-0.39, 0.29) is 23.7 Å². The maximum Gasteiger partial charge on any atom is 0.256 e. The lowest BCUT2D eigenvalue weighted by Crippen LogP contribution is -2.51. The second-order valence-corrected chi connectivity index (χ2v) is 9.21. The third-order valence-corrected chi connectivity index (χ3v) is 6.25. The molecular formula is C19H21ClFN3O3S. The summed E-state index contributed by atoms with van der Waals surface area (Å²) < 4.78 is 40.3. The summed E-state index contributed by atoms with van der Waals surface area (Å²) in [5.74, 6) is -1.13. The molecular weight excluding hydrogens is 405 g/mol. The van der Waals surface area contributed by atoms with Gasteiger partial charge < -0.3 is 4.90 Å². The van der Waals surface area contributed by atoms with E-state index in [1.807, 2.05) is 0 Å². The molecule has 0 saturated carbocycles. The number of rotatable bonds is 5. The Morgan fingerprint density at radius 2 is 2.18 bits per heavy atom. The average Bonchev–Trinajstić information content (AvgIpc) is 2.67. The Morgan fingerprint density at radius 1 is 1.39 bits per heavy atom. The summed E-state index contributed by atoms with van der Waals surface area (Å²) in [4.78, 5) is 18.3. The normalized spacial score (nSPS) is 17.7. The molecule has 1 aromatic carbocycles. The van der Waals surface area contributed by atoms with Crippen LogP contribution in [0.2, 0.25) is 5.02 Å². The minimum absolute atomic E-state index is 0.105. The molecule has 1 aliphatic rings. The fourth-order valence-electron chi connectivity index (χ4n) is 3.39. The van der Waals surface area contributed by atoms with Crippen LogP contribution in [0.4, 0.5) is 4.39 Å². The highest BCUT2D eigenvalue weighted by molar-refractivity contribution is 7.88. The third kappa shape index (κ3) is 4.87. The maximum atomic E-state index is 14.1. The Balaban J connectivity index is 1.82. The number of hydrogen-bond acceptors (Lipinski definition) is 4. The Kier molecular flexibility index (Phi) is 6.32. The molecule has 0 radical (unpaired) electrons. The molecule has 0 aliphatic carbocycles. The number of hydrogen-bond donors (Lipinski definition) is 0. The van der Waals surface area contributed by atoms with Gasteiger partial charge in [0.15, 0.2) is 0 Å². The third-order valence-electron chi connectivity index (χ3n) is 4.74. The number of carbonyl (C=O) groups excluding carboxylic acids is 1. The summed E-state index contributed by atoms with van der Waals surface area (Å²) in [6, 6.07) is 6.99. The van der Waals surface area contributed by atoms with Crippen LogP contribution in [0.3, 0.4) is 0 Å². The van der Waals surface area contributed by atoms with Gasteiger partial charge in [-0.2, -0.15) is 4.31 Å². The number of piperidine rings is 1. The number of benzene rings is 1. The van der Waals surface area contributed by atoms with E-state index in [2.05, 4.69) is 4.98 Å². The van der Waals surface area contributed by atoms with E-state index in [0.717, 1.165) is 17.9 Å². The first-order valence-corrected chi connectivity index (χ1v) is 11.1. The van der Waals surface area contributed by atoms with Crippen molar-refractivity contribution in [3.05, 3.63) is 64.7 Å². The molecule has 9 heteroatoms. The zero-order valence-electron chi connectivity index (χ0n) is 15.4. The number of likely N-dealkylation sites (tertiary alicyclic amines) is 1. The summed E-state index contributed by atoms with van der Waals surface area (Å²) >= 11 is 5.90. The van der Waals surface area contributed by atoms with Crippen LogP contribution < -0.4 is 0 Å².